The SMILES string of the molecule is c1ccc(C2(c3ccccc3)c3ccccc3-c3c(N(c4ccc(-c5cccc6sc7ccccc7c56)cc4)c4ccccc4-c4cccc5cccc(C6CCCCC6)c45)cccc32)cc1. The van der Waals surface area contributed by atoms with Crippen LogP contribution in [0.3, 0.4) is 0 Å². The Kier molecular flexibility index (Phi) is 9.76. The quantitative estimate of drug-likeness (QED) is 0.147. The molecule has 1 fully saturated rings. The van der Waals surface area contributed by atoms with Crippen molar-refractivity contribution in [3.63, 3.8) is 0 Å². The van der Waals surface area contributed by atoms with Gasteiger partial charge in [-0.1, -0.05) is 213 Å². The number of benzene rings is 10. The number of anilines is 3. The van der Waals surface area contributed by atoms with Crippen molar-refractivity contribution in [2.24, 2.45) is 0 Å². The van der Waals surface area contributed by atoms with Gasteiger partial charge in [0.25, 0.3) is 0 Å². The molecule has 0 spiro atoms. The third kappa shape index (κ3) is 6.34. The normalized spacial score (nSPS) is 14.3. The van der Waals surface area contributed by atoms with Crippen LogP contribution in [0.1, 0.15) is 65.8 Å². The van der Waals surface area contributed by atoms with Crippen molar-refractivity contribution in [2.75, 3.05) is 4.90 Å². The molecule has 11 aromatic rings. The minimum atomic E-state index is -0.522. The molecule has 0 amide bonds. The topological polar surface area (TPSA) is 3.24 Å². The first-order chi connectivity index (χ1) is 33.3. The highest BCUT2D eigenvalue weighted by Crippen LogP contribution is 2.60. The zero-order chi connectivity index (χ0) is 44.3. The van der Waals surface area contributed by atoms with Gasteiger partial charge in [-0.25, -0.2) is 0 Å². The zero-order valence-electron chi connectivity index (χ0n) is 37.4. The summed E-state index contributed by atoms with van der Waals surface area (Å²) in [5.74, 6) is 0.567. The van der Waals surface area contributed by atoms with Crippen LogP contribution in [-0.2, 0) is 5.41 Å². The summed E-state index contributed by atoms with van der Waals surface area (Å²) in [6, 6.07) is 86.7. The van der Waals surface area contributed by atoms with Crippen LogP contribution < -0.4 is 4.90 Å². The maximum atomic E-state index is 2.57. The van der Waals surface area contributed by atoms with Gasteiger partial charge in [0.2, 0.25) is 0 Å². The van der Waals surface area contributed by atoms with Crippen LogP contribution in [0.5, 0.6) is 0 Å². The van der Waals surface area contributed by atoms with Crippen LogP contribution in [0.15, 0.2) is 231 Å². The van der Waals surface area contributed by atoms with Crippen LogP contribution >= 0.6 is 11.3 Å². The second kappa shape index (κ2) is 16.4. The highest BCUT2D eigenvalue weighted by Gasteiger charge is 2.47. The largest absolute Gasteiger partial charge is 0.309 e. The summed E-state index contributed by atoms with van der Waals surface area (Å²) in [5, 5.41) is 5.36. The number of nitrogens with zero attached hydrogens (tertiary/aromatic N) is 1. The van der Waals surface area contributed by atoms with E-state index in [2.05, 4.69) is 235 Å². The van der Waals surface area contributed by atoms with E-state index in [-0.39, 0.29) is 0 Å². The molecule has 0 atom stereocenters. The lowest BCUT2D eigenvalue weighted by atomic mass is 9.68. The summed E-state index contributed by atoms with van der Waals surface area (Å²) < 4.78 is 2.64. The lowest BCUT2D eigenvalue weighted by molar-refractivity contribution is 0.445. The number of fused-ring (bicyclic) bond motifs is 7. The fourth-order valence-electron chi connectivity index (χ4n) is 12.1. The number of rotatable bonds is 8. The van der Waals surface area contributed by atoms with Crippen LogP contribution in [-0.4, -0.2) is 0 Å². The van der Waals surface area contributed by atoms with E-state index in [0.717, 1.165) is 17.1 Å². The number of thiophene rings is 1. The Morgan fingerprint density at radius 2 is 0.985 bits per heavy atom. The van der Waals surface area contributed by atoms with Crippen molar-refractivity contribution in [3.05, 3.63) is 258 Å². The summed E-state index contributed by atoms with van der Waals surface area (Å²) in [5.41, 5.74) is 17.1. The third-order valence-corrected chi connectivity index (χ3v) is 16.1. The van der Waals surface area contributed by atoms with Gasteiger partial charge < -0.3 is 4.90 Å². The fraction of sp³-hybridized carbons (Fsp3) is 0.108. The summed E-state index contributed by atoms with van der Waals surface area (Å²) in [6.07, 6.45) is 6.44. The molecule has 0 radical (unpaired) electrons. The van der Waals surface area contributed by atoms with Crippen LogP contribution in [0, 0.1) is 0 Å². The number of hydrogen-bond donors (Lipinski definition) is 0. The van der Waals surface area contributed by atoms with E-state index in [1.54, 1.807) is 0 Å². The second-order valence-corrected chi connectivity index (χ2v) is 19.6. The standard InChI is InChI=1S/C65H49NS/c1-4-20-44(21-5-1)50-31-16-22-46-23-17-33-53(62(46)50)52-28-11-14-36-58(52)66(49-42-40-45(41-43-49)51-32-18-39-61-63(51)55-30-12-15-38-60(55)67-61)59-37-19-35-57-64(59)54-29-10-13-34-56(54)65(57,47-24-6-2-7-25-47)48-26-8-3-9-27-48/h2-3,6-19,22-44H,1,4-5,20-21H2. The lowest BCUT2D eigenvalue weighted by Gasteiger charge is -2.34. The Hall–Kier alpha value is -7.52. The Labute approximate surface area is 397 Å². The van der Waals surface area contributed by atoms with Gasteiger partial charge in [-0.15, -0.1) is 11.3 Å². The average molecular weight is 876 g/mol. The van der Waals surface area contributed by atoms with E-state index in [1.807, 2.05) is 11.3 Å². The Morgan fingerprint density at radius 1 is 0.403 bits per heavy atom. The van der Waals surface area contributed by atoms with Gasteiger partial charge in [-0.05, 0) is 116 Å². The first kappa shape index (κ1) is 39.8. The van der Waals surface area contributed by atoms with E-state index in [1.165, 1.54) is 124 Å². The lowest BCUT2D eigenvalue weighted by Crippen LogP contribution is -2.28. The van der Waals surface area contributed by atoms with E-state index in [4.69, 9.17) is 0 Å². The van der Waals surface area contributed by atoms with Crippen molar-refractivity contribution in [3.8, 4) is 33.4 Å². The molecule has 2 aliphatic rings. The minimum absolute atomic E-state index is 0.522. The van der Waals surface area contributed by atoms with Gasteiger partial charge in [-0.3, -0.25) is 0 Å². The highest BCUT2D eigenvalue weighted by molar-refractivity contribution is 7.25. The molecule has 1 nitrogen and oxygen atoms in total. The summed E-state index contributed by atoms with van der Waals surface area (Å²) in [6.45, 7) is 0. The smallest absolute Gasteiger partial charge is 0.0714 e. The average Bonchev–Trinajstić information content (AvgIpc) is 3.94. The molecule has 0 N–H and O–H groups in total. The molecule has 2 aliphatic carbocycles. The number of para-hydroxylation sites is 1. The summed E-state index contributed by atoms with van der Waals surface area (Å²) >= 11 is 1.88. The second-order valence-electron chi connectivity index (χ2n) is 18.5. The van der Waals surface area contributed by atoms with Crippen molar-refractivity contribution in [2.45, 2.75) is 43.4 Å². The zero-order valence-corrected chi connectivity index (χ0v) is 38.2. The molecule has 67 heavy (non-hydrogen) atoms. The van der Waals surface area contributed by atoms with Crippen molar-refractivity contribution < 1.29 is 0 Å². The van der Waals surface area contributed by atoms with E-state index < -0.39 is 5.41 Å². The van der Waals surface area contributed by atoms with E-state index in [0.29, 0.717) is 5.92 Å². The Morgan fingerprint density at radius 3 is 1.78 bits per heavy atom. The molecule has 320 valence electrons. The monoisotopic (exact) mass is 875 g/mol. The number of hydrogen-bond acceptors (Lipinski definition) is 2. The molecular weight excluding hydrogens is 827 g/mol. The highest BCUT2D eigenvalue weighted by atomic mass is 32.1. The predicted octanol–water partition coefficient (Wildman–Crippen LogP) is 18.4. The molecular formula is C65H49NS. The Bertz CT molecular complexity index is 3570. The molecule has 0 bridgehead atoms. The molecule has 13 rings (SSSR count). The van der Waals surface area contributed by atoms with Gasteiger partial charge in [0.05, 0.1) is 16.8 Å². The maximum absolute atomic E-state index is 2.57. The van der Waals surface area contributed by atoms with Gasteiger partial charge >= 0.3 is 0 Å². The summed E-state index contributed by atoms with van der Waals surface area (Å²) in [7, 11) is 0. The van der Waals surface area contributed by atoms with E-state index >= 15 is 0 Å². The van der Waals surface area contributed by atoms with Gasteiger partial charge in [-0.2, -0.15) is 0 Å². The van der Waals surface area contributed by atoms with Gasteiger partial charge in [0, 0.05) is 37.0 Å². The predicted molar refractivity (Wildman–Crippen MR) is 286 cm³/mol. The van der Waals surface area contributed by atoms with Crippen molar-refractivity contribution in [1.29, 1.82) is 0 Å². The van der Waals surface area contributed by atoms with Crippen LogP contribution in [0.4, 0.5) is 17.1 Å². The third-order valence-electron chi connectivity index (χ3n) is 15.0. The minimum Gasteiger partial charge on any atom is -0.309 e. The molecule has 10 aromatic carbocycles. The molecule has 0 aliphatic heterocycles. The molecule has 1 aromatic heterocycles. The first-order valence-corrected chi connectivity index (χ1v) is 24.9. The molecule has 2 heteroatoms. The van der Waals surface area contributed by atoms with Gasteiger partial charge in [0.15, 0.2) is 0 Å². The molecule has 1 heterocycles. The van der Waals surface area contributed by atoms with Gasteiger partial charge in [0.1, 0.15) is 0 Å². The summed E-state index contributed by atoms with van der Waals surface area (Å²) in [4.78, 5) is 2.57. The molecule has 0 unspecified atom stereocenters. The Balaban J connectivity index is 1.08. The van der Waals surface area contributed by atoms with Crippen molar-refractivity contribution in [1.82, 2.24) is 0 Å². The molecule has 1 saturated carbocycles. The van der Waals surface area contributed by atoms with Crippen LogP contribution in [0.25, 0.3) is 64.3 Å². The maximum Gasteiger partial charge on any atom is 0.0714 e. The van der Waals surface area contributed by atoms with Crippen molar-refractivity contribution >= 4 is 59.3 Å². The fourth-order valence-corrected chi connectivity index (χ4v) is 13.3. The first-order valence-electron chi connectivity index (χ1n) is 24.0. The van der Waals surface area contributed by atoms with E-state index in [9.17, 15) is 0 Å². The van der Waals surface area contributed by atoms with Crippen LogP contribution in [0.2, 0.25) is 0 Å². The molecule has 0 saturated heterocycles.